The fourth-order valence-corrected chi connectivity index (χ4v) is 2.35. The summed E-state index contributed by atoms with van der Waals surface area (Å²) in [5.74, 6) is -0.176. The molecule has 5 heteroatoms. The van der Waals surface area contributed by atoms with Crippen LogP contribution in [0.15, 0.2) is 16.6 Å². The highest BCUT2D eigenvalue weighted by molar-refractivity contribution is 9.10. The third-order valence-corrected chi connectivity index (χ3v) is 2.69. The number of thiocarbonyl (C=S) groups is 1. The van der Waals surface area contributed by atoms with E-state index in [4.69, 9.17) is 12.2 Å². The minimum atomic E-state index is -0.176. The van der Waals surface area contributed by atoms with Crippen LogP contribution in [0.5, 0.6) is 0 Å². The van der Waals surface area contributed by atoms with Crippen LogP contribution >= 0.6 is 28.1 Å². The molecule has 3 nitrogen and oxygen atoms in total. The first-order valence-corrected chi connectivity index (χ1v) is 5.95. The van der Waals surface area contributed by atoms with Crippen LogP contribution < -0.4 is 10.6 Å². The van der Waals surface area contributed by atoms with Gasteiger partial charge in [-0.3, -0.25) is 4.79 Å². The first-order valence-electron chi connectivity index (χ1n) is 4.75. The Morgan fingerprint density at radius 3 is 2.25 bits per heavy atom. The molecule has 1 rings (SSSR count). The summed E-state index contributed by atoms with van der Waals surface area (Å²) < 4.78 is 1.03. The number of benzene rings is 1. The van der Waals surface area contributed by atoms with Crippen LogP contribution in [0.4, 0.5) is 5.69 Å². The molecule has 0 aromatic heterocycles. The molecule has 1 amide bonds. The molecule has 0 radical (unpaired) electrons. The van der Waals surface area contributed by atoms with Crippen LogP contribution in [-0.4, -0.2) is 11.0 Å². The Bertz CT molecular complexity index is 423. The van der Waals surface area contributed by atoms with Gasteiger partial charge in [0, 0.05) is 17.1 Å². The van der Waals surface area contributed by atoms with E-state index in [1.54, 1.807) is 0 Å². The van der Waals surface area contributed by atoms with Crippen LogP contribution in [0.25, 0.3) is 0 Å². The zero-order valence-corrected chi connectivity index (χ0v) is 11.8. The third kappa shape index (κ3) is 3.57. The van der Waals surface area contributed by atoms with Crippen molar-refractivity contribution in [1.82, 2.24) is 5.32 Å². The summed E-state index contributed by atoms with van der Waals surface area (Å²) in [6.07, 6.45) is 0. The number of aryl methyl sites for hydroxylation is 2. The Labute approximate surface area is 109 Å². The molecule has 0 saturated heterocycles. The summed E-state index contributed by atoms with van der Waals surface area (Å²) in [6, 6.07) is 3.98. The van der Waals surface area contributed by atoms with E-state index in [-0.39, 0.29) is 5.91 Å². The molecule has 0 aliphatic heterocycles. The number of hydrogen-bond donors (Lipinski definition) is 2. The number of hydrogen-bond acceptors (Lipinski definition) is 2. The van der Waals surface area contributed by atoms with Crippen molar-refractivity contribution in [3.8, 4) is 0 Å². The van der Waals surface area contributed by atoms with Crippen LogP contribution in [0.3, 0.4) is 0 Å². The number of nitrogens with one attached hydrogen (secondary N) is 2. The molecule has 0 fully saturated rings. The van der Waals surface area contributed by atoms with Gasteiger partial charge in [-0.2, -0.15) is 0 Å². The molecular weight excluding hydrogens is 288 g/mol. The van der Waals surface area contributed by atoms with Gasteiger partial charge in [0.05, 0.1) is 0 Å². The average molecular weight is 301 g/mol. The van der Waals surface area contributed by atoms with Gasteiger partial charge in [-0.25, -0.2) is 0 Å². The molecule has 0 atom stereocenters. The molecule has 0 bridgehead atoms. The molecule has 0 aliphatic rings. The van der Waals surface area contributed by atoms with Gasteiger partial charge >= 0.3 is 0 Å². The average Bonchev–Trinajstić information content (AvgIpc) is 2.09. The van der Waals surface area contributed by atoms with E-state index in [1.807, 2.05) is 26.0 Å². The van der Waals surface area contributed by atoms with E-state index in [2.05, 4.69) is 26.6 Å². The smallest absolute Gasteiger partial charge is 0.222 e. The quantitative estimate of drug-likeness (QED) is 0.784. The van der Waals surface area contributed by atoms with E-state index in [0.29, 0.717) is 5.11 Å². The monoisotopic (exact) mass is 300 g/mol. The maximum Gasteiger partial charge on any atom is 0.222 e. The molecular formula is C11H13BrN2OS. The predicted octanol–water partition coefficient (Wildman–Crippen LogP) is 2.90. The highest BCUT2D eigenvalue weighted by Gasteiger charge is 2.06. The number of halogens is 1. The minimum absolute atomic E-state index is 0.176. The zero-order valence-electron chi connectivity index (χ0n) is 9.35. The third-order valence-electron chi connectivity index (χ3n) is 2.03. The maximum absolute atomic E-state index is 10.8. The molecule has 2 N–H and O–H groups in total. The Balaban J connectivity index is 2.89. The van der Waals surface area contributed by atoms with E-state index in [0.717, 1.165) is 21.3 Å². The highest BCUT2D eigenvalue weighted by atomic mass is 79.9. The highest BCUT2D eigenvalue weighted by Crippen LogP contribution is 2.24. The summed E-state index contributed by atoms with van der Waals surface area (Å²) >= 11 is 8.43. The van der Waals surface area contributed by atoms with E-state index in [1.165, 1.54) is 6.92 Å². The van der Waals surface area contributed by atoms with Crippen molar-refractivity contribution in [2.75, 3.05) is 5.32 Å². The Morgan fingerprint density at radius 1 is 1.31 bits per heavy atom. The van der Waals surface area contributed by atoms with Crippen molar-refractivity contribution >= 4 is 44.9 Å². The molecule has 1 aromatic carbocycles. The summed E-state index contributed by atoms with van der Waals surface area (Å²) in [6.45, 7) is 5.39. The lowest BCUT2D eigenvalue weighted by Gasteiger charge is -2.14. The second kappa shape index (κ2) is 5.41. The van der Waals surface area contributed by atoms with Crippen molar-refractivity contribution in [2.24, 2.45) is 0 Å². The topological polar surface area (TPSA) is 41.1 Å². The number of carbonyl (C=O) groups is 1. The number of carbonyl (C=O) groups excluding carboxylic acids is 1. The number of anilines is 1. The molecule has 1 aromatic rings. The van der Waals surface area contributed by atoms with Crippen LogP contribution in [0.1, 0.15) is 18.1 Å². The van der Waals surface area contributed by atoms with Crippen LogP contribution in [0, 0.1) is 13.8 Å². The van der Waals surface area contributed by atoms with Gasteiger partial charge in [-0.1, -0.05) is 15.9 Å². The lowest BCUT2D eigenvalue weighted by Crippen LogP contribution is -2.32. The fraction of sp³-hybridized carbons (Fsp3) is 0.273. The molecule has 0 unspecified atom stereocenters. The summed E-state index contributed by atoms with van der Waals surface area (Å²) in [5.41, 5.74) is 3.07. The Kier molecular flexibility index (Phi) is 4.44. The minimum Gasteiger partial charge on any atom is -0.332 e. The molecule has 0 aliphatic carbocycles. The van der Waals surface area contributed by atoms with Crippen LogP contribution in [-0.2, 0) is 4.79 Å². The second-order valence-corrected chi connectivity index (χ2v) is 4.87. The Hall–Kier alpha value is -0.940. The van der Waals surface area contributed by atoms with Crippen molar-refractivity contribution < 1.29 is 4.79 Å². The molecule has 86 valence electrons. The first-order chi connectivity index (χ1) is 7.40. The van der Waals surface area contributed by atoms with Gasteiger partial charge in [0.2, 0.25) is 5.91 Å². The summed E-state index contributed by atoms with van der Waals surface area (Å²) in [5, 5.41) is 5.87. The lowest BCUT2D eigenvalue weighted by atomic mass is 10.1. The molecule has 16 heavy (non-hydrogen) atoms. The number of amides is 1. The normalized spacial score (nSPS) is 9.75. The van der Waals surface area contributed by atoms with Gasteiger partial charge < -0.3 is 10.6 Å². The van der Waals surface area contributed by atoms with Gasteiger partial charge in [-0.15, -0.1) is 0 Å². The zero-order chi connectivity index (χ0) is 12.3. The second-order valence-electron chi connectivity index (χ2n) is 3.55. The van der Waals surface area contributed by atoms with Crippen molar-refractivity contribution in [1.29, 1.82) is 0 Å². The van der Waals surface area contributed by atoms with E-state index in [9.17, 15) is 4.79 Å². The molecule has 0 saturated carbocycles. The maximum atomic E-state index is 10.8. The van der Waals surface area contributed by atoms with Crippen molar-refractivity contribution in [3.63, 3.8) is 0 Å². The van der Waals surface area contributed by atoms with E-state index < -0.39 is 0 Å². The Morgan fingerprint density at radius 2 is 1.81 bits per heavy atom. The number of rotatable bonds is 1. The van der Waals surface area contributed by atoms with Gasteiger partial charge in [0.25, 0.3) is 0 Å². The first kappa shape index (κ1) is 13.1. The fourth-order valence-electron chi connectivity index (χ4n) is 1.41. The van der Waals surface area contributed by atoms with E-state index >= 15 is 0 Å². The molecule has 0 spiro atoms. The van der Waals surface area contributed by atoms with Crippen molar-refractivity contribution in [2.45, 2.75) is 20.8 Å². The summed E-state index contributed by atoms with van der Waals surface area (Å²) in [7, 11) is 0. The predicted molar refractivity (Wildman–Crippen MR) is 73.7 cm³/mol. The van der Waals surface area contributed by atoms with Gasteiger partial charge in [0.15, 0.2) is 5.11 Å². The van der Waals surface area contributed by atoms with Gasteiger partial charge in [0.1, 0.15) is 0 Å². The SMILES string of the molecule is CC(=O)NC(=S)Nc1c(C)cc(Br)cc1C. The molecule has 0 heterocycles. The largest absolute Gasteiger partial charge is 0.332 e. The van der Waals surface area contributed by atoms with Crippen molar-refractivity contribution in [3.05, 3.63) is 27.7 Å². The standard InChI is InChI=1S/C11H13BrN2OS/c1-6-4-9(12)5-7(2)10(6)14-11(16)13-8(3)15/h4-5H,1-3H3,(H2,13,14,15,16). The lowest BCUT2D eigenvalue weighted by molar-refractivity contribution is -0.117. The summed E-state index contributed by atoms with van der Waals surface area (Å²) in [4.78, 5) is 10.8. The van der Waals surface area contributed by atoms with Gasteiger partial charge in [-0.05, 0) is 49.3 Å². The van der Waals surface area contributed by atoms with Crippen LogP contribution in [0.2, 0.25) is 0 Å².